The number of para-hydroxylation sites is 1. The molecule has 1 heterocycles. The van der Waals surface area contributed by atoms with Crippen LogP contribution < -0.4 is 10.6 Å². The van der Waals surface area contributed by atoms with Crippen LogP contribution in [0.25, 0.3) is 0 Å². The van der Waals surface area contributed by atoms with Gasteiger partial charge in [0.05, 0.1) is 5.69 Å². The van der Waals surface area contributed by atoms with Crippen LogP contribution in [0.4, 0.5) is 5.69 Å². The molecule has 17 heavy (non-hydrogen) atoms. The van der Waals surface area contributed by atoms with Crippen LogP contribution in [0, 0.1) is 0 Å². The zero-order valence-electron chi connectivity index (χ0n) is 10.1. The molecule has 92 valence electrons. The van der Waals surface area contributed by atoms with E-state index in [0.29, 0.717) is 6.42 Å². The molecule has 0 fully saturated rings. The van der Waals surface area contributed by atoms with E-state index < -0.39 is 0 Å². The number of rotatable bonds is 3. The van der Waals surface area contributed by atoms with Crippen LogP contribution >= 0.6 is 11.8 Å². The summed E-state index contributed by atoms with van der Waals surface area (Å²) in [5.74, 6) is 1.11. The molecule has 0 saturated carbocycles. The van der Waals surface area contributed by atoms with Gasteiger partial charge in [-0.1, -0.05) is 19.1 Å². The van der Waals surface area contributed by atoms with Gasteiger partial charge in [-0.2, -0.15) is 0 Å². The van der Waals surface area contributed by atoms with Crippen LogP contribution in [-0.2, 0) is 4.79 Å². The van der Waals surface area contributed by atoms with Gasteiger partial charge < -0.3 is 10.6 Å². The third kappa shape index (κ3) is 2.82. The average molecular weight is 250 g/mol. The average Bonchev–Trinajstić information content (AvgIpc) is 2.37. The van der Waals surface area contributed by atoms with E-state index in [-0.39, 0.29) is 11.9 Å². The van der Waals surface area contributed by atoms with Crippen molar-refractivity contribution in [2.24, 2.45) is 5.73 Å². The van der Waals surface area contributed by atoms with Gasteiger partial charge in [0.25, 0.3) is 0 Å². The minimum Gasteiger partial charge on any atom is -0.327 e. The number of nitrogens with two attached hydrogens (primary N) is 1. The Balaban J connectivity index is 2.15. The monoisotopic (exact) mass is 250 g/mol. The predicted molar refractivity (Wildman–Crippen MR) is 72.4 cm³/mol. The summed E-state index contributed by atoms with van der Waals surface area (Å²) in [6.45, 7) is 2.80. The molecule has 0 radical (unpaired) electrons. The number of amides is 1. The SMILES string of the molecule is CCC(N)CC(=O)N1CCSc2ccccc21. The van der Waals surface area contributed by atoms with Crippen molar-refractivity contribution in [1.29, 1.82) is 0 Å². The molecule has 0 spiro atoms. The fraction of sp³-hybridized carbons (Fsp3) is 0.462. The predicted octanol–water partition coefficient (Wildman–Crippen LogP) is 2.25. The van der Waals surface area contributed by atoms with Crippen molar-refractivity contribution in [3.05, 3.63) is 24.3 Å². The molecule has 1 aliphatic rings. The molecular weight excluding hydrogens is 232 g/mol. The highest BCUT2D eigenvalue weighted by Crippen LogP contribution is 2.34. The first-order valence-electron chi connectivity index (χ1n) is 6.00. The van der Waals surface area contributed by atoms with Crippen molar-refractivity contribution in [1.82, 2.24) is 0 Å². The molecule has 0 aliphatic carbocycles. The third-order valence-corrected chi connectivity index (χ3v) is 4.03. The lowest BCUT2D eigenvalue weighted by Gasteiger charge is -2.29. The lowest BCUT2D eigenvalue weighted by Crippen LogP contribution is -2.38. The van der Waals surface area contributed by atoms with Crippen LogP contribution in [0.15, 0.2) is 29.2 Å². The Morgan fingerprint density at radius 2 is 2.29 bits per heavy atom. The first kappa shape index (κ1) is 12.5. The largest absolute Gasteiger partial charge is 0.327 e. The molecule has 2 rings (SSSR count). The summed E-state index contributed by atoms with van der Waals surface area (Å²) < 4.78 is 0. The standard InChI is InChI=1S/C13H18N2OS/c1-2-10(14)9-13(16)15-7-8-17-12-6-4-3-5-11(12)15/h3-6,10H,2,7-9,14H2,1H3. The highest BCUT2D eigenvalue weighted by Gasteiger charge is 2.23. The van der Waals surface area contributed by atoms with Gasteiger partial charge in [-0.25, -0.2) is 0 Å². The van der Waals surface area contributed by atoms with Crippen molar-refractivity contribution in [2.45, 2.75) is 30.7 Å². The van der Waals surface area contributed by atoms with Crippen molar-refractivity contribution in [2.75, 3.05) is 17.2 Å². The van der Waals surface area contributed by atoms with Gasteiger partial charge in [-0.15, -0.1) is 11.8 Å². The molecule has 1 aromatic carbocycles. The molecule has 0 aromatic heterocycles. The van der Waals surface area contributed by atoms with Crippen LogP contribution in [-0.4, -0.2) is 24.2 Å². The number of thioether (sulfide) groups is 1. The van der Waals surface area contributed by atoms with E-state index >= 15 is 0 Å². The first-order valence-corrected chi connectivity index (χ1v) is 6.98. The van der Waals surface area contributed by atoms with Gasteiger partial charge in [0.1, 0.15) is 0 Å². The lowest BCUT2D eigenvalue weighted by atomic mass is 10.1. The Kier molecular flexibility index (Phi) is 4.07. The van der Waals surface area contributed by atoms with Gasteiger partial charge in [0.15, 0.2) is 0 Å². The summed E-state index contributed by atoms with van der Waals surface area (Å²) in [7, 11) is 0. The maximum Gasteiger partial charge on any atom is 0.228 e. The molecule has 0 bridgehead atoms. The fourth-order valence-corrected chi connectivity index (χ4v) is 2.90. The molecule has 1 aromatic rings. The minimum atomic E-state index is -0.0239. The third-order valence-electron chi connectivity index (χ3n) is 2.99. The van der Waals surface area contributed by atoms with Crippen LogP contribution in [0.5, 0.6) is 0 Å². The zero-order valence-corrected chi connectivity index (χ0v) is 10.9. The summed E-state index contributed by atoms with van der Waals surface area (Å²) in [5, 5.41) is 0. The number of fused-ring (bicyclic) bond motifs is 1. The summed E-state index contributed by atoms with van der Waals surface area (Å²) in [6.07, 6.45) is 1.28. The molecule has 1 amide bonds. The Labute approximate surface area is 106 Å². The molecule has 4 heteroatoms. The van der Waals surface area contributed by atoms with E-state index in [1.54, 1.807) is 0 Å². The van der Waals surface area contributed by atoms with Gasteiger partial charge >= 0.3 is 0 Å². The summed E-state index contributed by atoms with van der Waals surface area (Å²) >= 11 is 1.81. The second-order valence-electron chi connectivity index (χ2n) is 4.23. The number of hydrogen-bond acceptors (Lipinski definition) is 3. The molecule has 0 saturated heterocycles. The fourth-order valence-electron chi connectivity index (χ4n) is 1.91. The van der Waals surface area contributed by atoms with E-state index in [9.17, 15) is 4.79 Å². The molecule has 1 unspecified atom stereocenters. The smallest absolute Gasteiger partial charge is 0.228 e. The minimum absolute atomic E-state index is 0.0239. The van der Waals surface area contributed by atoms with E-state index in [1.165, 1.54) is 4.90 Å². The Bertz CT molecular complexity index is 408. The maximum absolute atomic E-state index is 12.2. The first-order chi connectivity index (χ1) is 8.22. The van der Waals surface area contributed by atoms with Crippen LogP contribution in [0.1, 0.15) is 19.8 Å². The van der Waals surface area contributed by atoms with E-state index in [2.05, 4.69) is 6.07 Å². The van der Waals surface area contributed by atoms with Gasteiger partial charge in [0, 0.05) is 29.7 Å². The number of nitrogens with zero attached hydrogens (tertiary/aromatic N) is 1. The number of anilines is 1. The van der Waals surface area contributed by atoms with Crippen molar-refractivity contribution in [3.63, 3.8) is 0 Å². The van der Waals surface area contributed by atoms with Crippen molar-refractivity contribution in [3.8, 4) is 0 Å². The Hall–Kier alpha value is -1.00. The van der Waals surface area contributed by atoms with Crippen molar-refractivity contribution < 1.29 is 4.79 Å². The number of carbonyl (C=O) groups is 1. The number of carbonyl (C=O) groups excluding carboxylic acids is 1. The Morgan fingerprint density at radius 3 is 3.06 bits per heavy atom. The van der Waals surface area contributed by atoms with Gasteiger partial charge in [-0.3, -0.25) is 4.79 Å². The van der Waals surface area contributed by atoms with E-state index in [1.807, 2.05) is 41.8 Å². The van der Waals surface area contributed by atoms with E-state index in [0.717, 1.165) is 24.4 Å². The number of hydrogen-bond donors (Lipinski definition) is 1. The van der Waals surface area contributed by atoms with Gasteiger partial charge in [0.2, 0.25) is 5.91 Å². The molecule has 2 N–H and O–H groups in total. The highest BCUT2D eigenvalue weighted by atomic mass is 32.2. The quantitative estimate of drug-likeness (QED) is 0.895. The summed E-state index contributed by atoms with van der Waals surface area (Å²) in [5.41, 5.74) is 6.89. The van der Waals surface area contributed by atoms with Crippen LogP contribution in [0.2, 0.25) is 0 Å². The molecule has 1 aliphatic heterocycles. The molecule has 1 atom stereocenters. The topological polar surface area (TPSA) is 46.3 Å². The number of benzene rings is 1. The lowest BCUT2D eigenvalue weighted by molar-refractivity contribution is -0.118. The second kappa shape index (κ2) is 5.56. The molecular formula is C13H18N2OS. The van der Waals surface area contributed by atoms with Gasteiger partial charge in [-0.05, 0) is 18.6 Å². The van der Waals surface area contributed by atoms with Crippen molar-refractivity contribution >= 4 is 23.4 Å². The summed E-state index contributed by atoms with van der Waals surface area (Å²) in [4.78, 5) is 15.2. The van der Waals surface area contributed by atoms with Crippen LogP contribution in [0.3, 0.4) is 0 Å². The second-order valence-corrected chi connectivity index (χ2v) is 5.37. The normalized spacial score (nSPS) is 16.5. The van der Waals surface area contributed by atoms with E-state index in [4.69, 9.17) is 5.73 Å². The highest BCUT2D eigenvalue weighted by molar-refractivity contribution is 7.99. The summed E-state index contributed by atoms with van der Waals surface area (Å²) in [6, 6.07) is 8.04. The Morgan fingerprint density at radius 1 is 1.53 bits per heavy atom. The zero-order chi connectivity index (χ0) is 12.3. The maximum atomic E-state index is 12.2. The molecule has 3 nitrogen and oxygen atoms in total.